The topological polar surface area (TPSA) is 84.6 Å². The van der Waals surface area contributed by atoms with E-state index in [-0.39, 0.29) is 18.3 Å². The third-order valence-corrected chi connectivity index (χ3v) is 4.95. The lowest BCUT2D eigenvalue weighted by molar-refractivity contribution is -0.118. The van der Waals surface area contributed by atoms with Crippen LogP contribution in [0.2, 0.25) is 0 Å². The summed E-state index contributed by atoms with van der Waals surface area (Å²) in [4.78, 5) is 16.7. The molecule has 0 atom stereocenters. The van der Waals surface area contributed by atoms with Crippen molar-refractivity contribution in [2.75, 3.05) is 11.9 Å². The fraction of sp³-hybridized carbons (Fsp3) is 0.0909. The van der Waals surface area contributed by atoms with E-state index in [2.05, 4.69) is 26.2 Å². The summed E-state index contributed by atoms with van der Waals surface area (Å²) in [5.41, 5.74) is 3.50. The van der Waals surface area contributed by atoms with E-state index in [1.54, 1.807) is 36.4 Å². The van der Waals surface area contributed by atoms with E-state index in [1.807, 2.05) is 31.2 Å². The maximum absolute atomic E-state index is 12.2. The highest BCUT2D eigenvalue weighted by molar-refractivity contribution is 9.10. The molecule has 29 heavy (non-hydrogen) atoms. The number of anilines is 1. The van der Waals surface area contributed by atoms with Crippen molar-refractivity contribution in [2.45, 2.75) is 6.92 Å². The molecule has 1 amide bonds. The van der Waals surface area contributed by atoms with Crippen molar-refractivity contribution in [3.8, 4) is 23.0 Å². The van der Waals surface area contributed by atoms with Gasteiger partial charge in [-0.1, -0.05) is 18.2 Å². The summed E-state index contributed by atoms with van der Waals surface area (Å²) in [6.07, 6.45) is 0. The van der Waals surface area contributed by atoms with Gasteiger partial charge < -0.3 is 19.6 Å². The van der Waals surface area contributed by atoms with Crippen LogP contribution in [0.15, 0.2) is 69.6 Å². The quantitative estimate of drug-likeness (QED) is 0.429. The minimum Gasteiger partial charge on any atom is -0.507 e. The number of para-hydroxylation sites is 1. The van der Waals surface area contributed by atoms with Crippen LogP contribution in [0.5, 0.6) is 11.5 Å². The van der Waals surface area contributed by atoms with Gasteiger partial charge in [0.05, 0.1) is 4.47 Å². The number of aromatic nitrogens is 1. The van der Waals surface area contributed by atoms with E-state index in [9.17, 15) is 9.90 Å². The zero-order chi connectivity index (χ0) is 20.4. The highest BCUT2D eigenvalue weighted by Crippen LogP contribution is 2.31. The SMILES string of the molecule is Cc1ccccc1OCC(=O)Nc1ccc2oc(-c3ccc(O)c(Br)c3)nc2c1. The minimum atomic E-state index is -0.265. The number of rotatable bonds is 5. The first-order chi connectivity index (χ1) is 14.0. The largest absolute Gasteiger partial charge is 0.507 e. The van der Waals surface area contributed by atoms with Gasteiger partial charge in [-0.3, -0.25) is 4.79 Å². The number of nitrogens with one attached hydrogen (secondary N) is 1. The maximum atomic E-state index is 12.2. The summed E-state index contributed by atoms with van der Waals surface area (Å²) >= 11 is 3.28. The molecule has 0 bridgehead atoms. The van der Waals surface area contributed by atoms with Crippen LogP contribution in [-0.4, -0.2) is 22.6 Å². The van der Waals surface area contributed by atoms with Crippen LogP contribution in [0, 0.1) is 6.92 Å². The van der Waals surface area contributed by atoms with Gasteiger partial charge in [-0.05, 0) is 70.9 Å². The van der Waals surface area contributed by atoms with Crippen LogP contribution in [0.1, 0.15) is 5.56 Å². The molecule has 0 saturated carbocycles. The monoisotopic (exact) mass is 452 g/mol. The Morgan fingerprint density at radius 2 is 2.00 bits per heavy atom. The predicted octanol–water partition coefficient (Wildman–Crippen LogP) is 5.29. The highest BCUT2D eigenvalue weighted by atomic mass is 79.9. The van der Waals surface area contributed by atoms with Gasteiger partial charge in [-0.25, -0.2) is 4.98 Å². The van der Waals surface area contributed by atoms with Crippen molar-refractivity contribution < 1.29 is 19.1 Å². The number of ether oxygens (including phenoxy) is 1. The van der Waals surface area contributed by atoms with Gasteiger partial charge in [0.15, 0.2) is 12.2 Å². The summed E-state index contributed by atoms with van der Waals surface area (Å²) in [6, 6.07) is 17.8. The van der Waals surface area contributed by atoms with Crippen molar-refractivity contribution in [3.05, 3.63) is 70.7 Å². The van der Waals surface area contributed by atoms with E-state index in [0.29, 0.717) is 32.9 Å². The van der Waals surface area contributed by atoms with Gasteiger partial charge in [-0.2, -0.15) is 0 Å². The Bertz CT molecular complexity index is 1200. The number of oxazole rings is 1. The average Bonchev–Trinajstić information content (AvgIpc) is 3.13. The van der Waals surface area contributed by atoms with Crippen LogP contribution in [0.25, 0.3) is 22.6 Å². The number of fused-ring (bicyclic) bond motifs is 1. The Labute approximate surface area is 175 Å². The second-order valence-electron chi connectivity index (χ2n) is 6.47. The van der Waals surface area contributed by atoms with Crippen LogP contribution < -0.4 is 10.1 Å². The van der Waals surface area contributed by atoms with E-state index in [4.69, 9.17) is 9.15 Å². The van der Waals surface area contributed by atoms with Crippen molar-refractivity contribution >= 4 is 38.6 Å². The smallest absolute Gasteiger partial charge is 0.262 e. The molecule has 1 heterocycles. The van der Waals surface area contributed by atoms with Crippen molar-refractivity contribution in [3.63, 3.8) is 0 Å². The molecular weight excluding hydrogens is 436 g/mol. The molecule has 0 fully saturated rings. The number of phenols is 1. The third-order valence-electron chi connectivity index (χ3n) is 4.32. The van der Waals surface area contributed by atoms with E-state index < -0.39 is 0 Å². The predicted molar refractivity (Wildman–Crippen MR) is 114 cm³/mol. The number of aryl methyl sites for hydroxylation is 1. The second kappa shape index (κ2) is 7.97. The van der Waals surface area contributed by atoms with Gasteiger partial charge in [0.25, 0.3) is 5.91 Å². The Balaban J connectivity index is 1.48. The number of carbonyl (C=O) groups is 1. The van der Waals surface area contributed by atoms with Crippen LogP contribution in [0.3, 0.4) is 0 Å². The number of carbonyl (C=O) groups excluding carboxylic acids is 1. The molecule has 0 saturated heterocycles. The van der Waals surface area contributed by atoms with Crippen LogP contribution in [0.4, 0.5) is 5.69 Å². The zero-order valence-corrected chi connectivity index (χ0v) is 17.1. The third kappa shape index (κ3) is 4.25. The Morgan fingerprint density at radius 1 is 1.17 bits per heavy atom. The van der Waals surface area contributed by atoms with Gasteiger partial charge >= 0.3 is 0 Å². The normalized spacial score (nSPS) is 10.8. The first-order valence-electron chi connectivity index (χ1n) is 8.87. The number of hydrogen-bond acceptors (Lipinski definition) is 5. The van der Waals surface area contributed by atoms with Gasteiger partial charge in [-0.15, -0.1) is 0 Å². The molecule has 0 aliphatic heterocycles. The lowest BCUT2D eigenvalue weighted by Gasteiger charge is -2.09. The number of benzene rings is 3. The summed E-state index contributed by atoms with van der Waals surface area (Å²) in [5.74, 6) is 0.980. The highest BCUT2D eigenvalue weighted by Gasteiger charge is 2.12. The molecule has 7 heteroatoms. The van der Waals surface area contributed by atoms with Gasteiger partial charge in [0.2, 0.25) is 5.89 Å². The second-order valence-corrected chi connectivity index (χ2v) is 7.32. The molecule has 4 aromatic rings. The fourth-order valence-corrected chi connectivity index (χ4v) is 3.21. The van der Waals surface area contributed by atoms with Gasteiger partial charge in [0.1, 0.15) is 17.0 Å². The molecule has 146 valence electrons. The molecule has 0 spiro atoms. The Hall–Kier alpha value is -3.32. The van der Waals surface area contributed by atoms with E-state index in [1.165, 1.54) is 0 Å². The summed E-state index contributed by atoms with van der Waals surface area (Å²) < 4.78 is 11.9. The summed E-state index contributed by atoms with van der Waals surface area (Å²) in [5, 5.41) is 12.4. The Morgan fingerprint density at radius 3 is 2.79 bits per heavy atom. The number of hydrogen-bond donors (Lipinski definition) is 2. The van der Waals surface area contributed by atoms with Crippen molar-refractivity contribution in [1.29, 1.82) is 0 Å². The summed E-state index contributed by atoms with van der Waals surface area (Å²) in [7, 11) is 0. The first kappa shape index (κ1) is 19.0. The lowest BCUT2D eigenvalue weighted by atomic mass is 10.2. The molecule has 0 unspecified atom stereocenters. The van der Waals surface area contributed by atoms with E-state index in [0.717, 1.165) is 11.1 Å². The zero-order valence-electron chi connectivity index (χ0n) is 15.5. The van der Waals surface area contributed by atoms with E-state index >= 15 is 0 Å². The van der Waals surface area contributed by atoms with Crippen LogP contribution >= 0.6 is 15.9 Å². The lowest BCUT2D eigenvalue weighted by Crippen LogP contribution is -2.20. The molecule has 4 rings (SSSR count). The Kier molecular flexibility index (Phi) is 5.22. The molecule has 0 aliphatic rings. The molecule has 1 aromatic heterocycles. The number of nitrogens with zero attached hydrogens (tertiary/aromatic N) is 1. The van der Waals surface area contributed by atoms with Crippen molar-refractivity contribution in [1.82, 2.24) is 4.98 Å². The molecule has 2 N–H and O–H groups in total. The maximum Gasteiger partial charge on any atom is 0.262 e. The fourth-order valence-electron chi connectivity index (χ4n) is 2.83. The standard InChI is InChI=1S/C22H17BrN2O4/c1-13-4-2-3-5-19(13)28-12-21(27)24-15-7-9-20-17(11-15)25-22(29-20)14-6-8-18(26)16(23)10-14/h2-11,26H,12H2,1H3,(H,24,27). The molecule has 6 nitrogen and oxygen atoms in total. The minimum absolute atomic E-state index is 0.0888. The van der Waals surface area contributed by atoms with Crippen LogP contribution in [-0.2, 0) is 4.79 Å². The molecule has 0 radical (unpaired) electrons. The van der Waals surface area contributed by atoms with Gasteiger partial charge in [0, 0.05) is 11.3 Å². The molecule has 0 aliphatic carbocycles. The molecular formula is C22H17BrN2O4. The van der Waals surface area contributed by atoms with Crippen molar-refractivity contribution in [2.24, 2.45) is 0 Å². The molecule has 3 aromatic carbocycles. The first-order valence-corrected chi connectivity index (χ1v) is 9.66. The number of amides is 1. The summed E-state index contributed by atoms with van der Waals surface area (Å²) in [6.45, 7) is 1.84. The number of phenolic OH excluding ortho intramolecular Hbond substituents is 1. The number of aromatic hydroxyl groups is 1. The average molecular weight is 453 g/mol. The number of halogens is 1.